The van der Waals surface area contributed by atoms with E-state index in [0.29, 0.717) is 50.4 Å². The van der Waals surface area contributed by atoms with Crippen molar-refractivity contribution in [2.45, 2.75) is 45.4 Å². The molecule has 8 heteroatoms. The maximum atomic E-state index is 12.2. The summed E-state index contributed by atoms with van der Waals surface area (Å²) >= 11 is 0. The van der Waals surface area contributed by atoms with Gasteiger partial charge in [0.25, 0.3) is 0 Å². The first-order valence-electron chi connectivity index (χ1n) is 8.48. The van der Waals surface area contributed by atoms with Gasteiger partial charge in [0.2, 0.25) is 0 Å². The van der Waals surface area contributed by atoms with Gasteiger partial charge in [-0.3, -0.25) is 4.90 Å². The summed E-state index contributed by atoms with van der Waals surface area (Å²) < 4.78 is 18.6. The molecule has 0 aromatic carbocycles. The zero-order valence-electron chi connectivity index (χ0n) is 14.7. The van der Waals surface area contributed by atoms with Gasteiger partial charge in [0.1, 0.15) is 11.4 Å². The summed E-state index contributed by atoms with van der Waals surface area (Å²) in [5.41, 5.74) is -0.511. The van der Waals surface area contributed by atoms with E-state index in [4.69, 9.17) is 13.9 Å². The molecule has 2 aliphatic rings. The van der Waals surface area contributed by atoms with E-state index in [9.17, 15) is 4.79 Å². The predicted octanol–water partition coefficient (Wildman–Crippen LogP) is 2.40. The number of hydrogen-bond donors (Lipinski definition) is 0. The average Bonchev–Trinajstić information content (AvgIpc) is 3.09. The molecule has 1 saturated heterocycles. The monoisotopic (exact) mass is 346 g/mol. The van der Waals surface area contributed by atoms with E-state index in [-0.39, 0.29) is 6.09 Å². The van der Waals surface area contributed by atoms with Crippen LogP contribution in [0, 0.1) is 0 Å². The summed E-state index contributed by atoms with van der Waals surface area (Å²) in [6.45, 7) is 8.53. The van der Waals surface area contributed by atoms with Crippen molar-refractivity contribution >= 4 is 6.09 Å². The molecule has 1 amide bonds. The lowest BCUT2D eigenvalue weighted by Crippen LogP contribution is -2.41. The third kappa shape index (κ3) is 3.13. The molecule has 4 heterocycles. The molecule has 4 rings (SSSR count). The Morgan fingerprint density at radius 1 is 1.24 bits per heavy atom. The lowest BCUT2D eigenvalue weighted by atomic mass is 10.1. The van der Waals surface area contributed by atoms with Crippen LogP contribution in [0.4, 0.5) is 4.79 Å². The SMILES string of the molecule is CC(C)(C)OC(=O)N1CCn2c(nnc2-c2ccc(C3COC3)o2)C1. The van der Waals surface area contributed by atoms with Crippen LogP contribution in [0.5, 0.6) is 0 Å². The minimum absolute atomic E-state index is 0.325. The Hall–Kier alpha value is -2.35. The minimum Gasteiger partial charge on any atom is -0.457 e. The van der Waals surface area contributed by atoms with Gasteiger partial charge in [-0.25, -0.2) is 4.79 Å². The standard InChI is InChI=1S/C17H22N4O4/c1-17(2,3)25-16(22)20-6-7-21-14(8-20)18-19-15(21)13-5-4-12(24-13)11-9-23-10-11/h4-5,11H,6-10H2,1-3H3. The molecule has 0 atom stereocenters. The Morgan fingerprint density at radius 2 is 2.04 bits per heavy atom. The van der Waals surface area contributed by atoms with E-state index in [2.05, 4.69) is 10.2 Å². The van der Waals surface area contributed by atoms with Gasteiger partial charge in [-0.2, -0.15) is 0 Å². The summed E-state index contributed by atoms with van der Waals surface area (Å²) in [4.78, 5) is 13.9. The van der Waals surface area contributed by atoms with Gasteiger partial charge in [-0.05, 0) is 32.9 Å². The number of carbonyl (C=O) groups excluding carboxylic acids is 1. The van der Waals surface area contributed by atoms with E-state index >= 15 is 0 Å². The van der Waals surface area contributed by atoms with Crippen molar-refractivity contribution in [3.8, 4) is 11.6 Å². The fourth-order valence-electron chi connectivity index (χ4n) is 2.91. The highest BCUT2D eigenvalue weighted by Gasteiger charge is 2.30. The lowest BCUT2D eigenvalue weighted by Gasteiger charge is -2.30. The third-order valence-electron chi connectivity index (χ3n) is 4.29. The molecule has 25 heavy (non-hydrogen) atoms. The van der Waals surface area contributed by atoms with Gasteiger partial charge in [0, 0.05) is 13.1 Å². The van der Waals surface area contributed by atoms with E-state index in [1.54, 1.807) is 4.90 Å². The molecule has 0 unspecified atom stereocenters. The number of amides is 1. The number of fused-ring (bicyclic) bond motifs is 1. The highest BCUT2D eigenvalue weighted by molar-refractivity contribution is 5.68. The summed E-state index contributed by atoms with van der Waals surface area (Å²) in [6.07, 6.45) is -0.325. The fourth-order valence-corrected chi connectivity index (χ4v) is 2.91. The highest BCUT2D eigenvalue weighted by atomic mass is 16.6. The molecule has 1 fully saturated rings. The number of rotatable bonds is 2. The van der Waals surface area contributed by atoms with Crippen molar-refractivity contribution < 1.29 is 18.7 Å². The number of carbonyl (C=O) groups is 1. The van der Waals surface area contributed by atoms with Crippen LogP contribution in [-0.2, 0) is 22.6 Å². The maximum Gasteiger partial charge on any atom is 0.410 e. The van der Waals surface area contributed by atoms with Gasteiger partial charge in [0.15, 0.2) is 17.4 Å². The van der Waals surface area contributed by atoms with Crippen LogP contribution < -0.4 is 0 Å². The average molecular weight is 346 g/mol. The number of nitrogens with zero attached hydrogens (tertiary/aromatic N) is 4. The van der Waals surface area contributed by atoms with Gasteiger partial charge >= 0.3 is 6.09 Å². The van der Waals surface area contributed by atoms with Crippen LogP contribution in [-0.4, -0.2) is 51.1 Å². The first-order chi connectivity index (χ1) is 11.9. The molecular weight excluding hydrogens is 324 g/mol. The molecular formula is C17H22N4O4. The Kier molecular flexibility index (Phi) is 3.79. The Morgan fingerprint density at radius 3 is 2.72 bits per heavy atom. The smallest absolute Gasteiger partial charge is 0.410 e. The van der Waals surface area contributed by atoms with Gasteiger partial charge in [-0.1, -0.05) is 0 Å². The molecule has 2 aromatic rings. The van der Waals surface area contributed by atoms with Crippen LogP contribution in [0.15, 0.2) is 16.5 Å². The van der Waals surface area contributed by atoms with Crippen molar-refractivity contribution in [3.63, 3.8) is 0 Å². The largest absolute Gasteiger partial charge is 0.457 e. The second-order valence-electron chi connectivity index (χ2n) is 7.43. The molecule has 0 spiro atoms. The van der Waals surface area contributed by atoms with Gasteiger partial charge in [0.05, 0.1) is 25.7 Å². The summed E-state index contributed by atoms with van der Waals surface area (Å²) in [6, 6.07) is 3.89. The van der Waals surface area contributed by atoms with E-state index < -0.39 is 5.60 Å². The van der Waals surface area contributed by atoms with E-state index in [0.717, 1.165) is 11.6 Å². The summed E-state index contributed by atoms with van der Waals surface area (Å²) in [5.74, 6) is 3.39. The second-order valence-corrected chi connectivity index (χ2v) is 7.43. The van der Waals surface area contributed by atoms with Crippen LogP contribution in [0.1, 0.15) is 38.3 Å². The van der Waals surface area contributed by atoms with Crippen molar-refractivity contribution in [2.75, 3.05) is 19.8 Å². The molecule has 134 valence electrons. The highest BCUT2D eigenvalue weighted by Crippen LogP contribution is 2.30. The molecule has 8 nitrogen and oxygen atoms in total. The quantitative estimate of drug-likeness (QED) is 0.830. The Balaban J connectivity index is 1.50. The Labute approximate surface area is 145 Å². The molecule has 0 radical (unpaired) electrons. The molecule has 2 aliphatic heterocycles. The molecule has 0 N–H and O–H groups in total. The second kappa shape index (κ2) is 5.87. The normalized spacial score (nSPS) is 18.0. The van der Waals surface area contributed by atoms with Crippen LogP contribution >= 0.6 is 0 Å². The number of aromatic nitrogens is 3. The van der Waals surface area contributed by atoms with E-state index in [1.807, 2.05) is 37.5 Å². The fraction of sp³-hybridized carbons (Fsp3) is 0.588. The van der Waals surface area contributed by atoms with Gasteiger partial charge in [-0.15, -0.1) is 10.2 Å². The van der Waals surface area contributed by atoms with Crippen LogP contribution in [0.3, 0.4) is 0 Å². The van der Waals surface area contributed by atoms with Crippen molar-refractivity contribution in [1.82, 2.24) is 19.7 Å². The zero-order valence-corrected chi connectivity index (χ0v) is 14.7. The van der Waals surface area contributed by atoms with Gasteiger partial charge < -0.3 is 18.5 Å². The third-order valence-corrected chi connectivity index (χ3v) is 4.29. The van der Waals surface area contributed by atoms with Crippen LogP contribution in [0.25, 0.3) is 11.6 Å². The van der Waals surface area contributed by atoms with Crippen molar-refractivity contribution in [2.24, 2.45) is 0 Å². The van der Waals surface area contributed by atoms with Crippen LogP contribution in [0.2, 0.25) is 0 Å². The number of furan rings is 1. The topological polar surface area (TPSA) is 82.6 Å². The summed E-state index contributed by atoms with van der Waals surface area (Å²) in [5, 5.41) is 8.49. The maximum absolute atomic E-state index is 12.2. The molecule has 0 aliphatic carbocycles. The van der Waals surface area contributed by atoms with Crippen molar-refractivity contribution in [3.05, 3.63) is 23.7 Å². The number of ether oxygens (including phenoxy) is 2. The predicted molar refractivity (Wildman–Crippen MR) is 87.9 cm³/mol. The first kappa shape index (κ1) is 16.1. The zero-order chi connectivity index (χ0) is 17.6. The summed E-state index contributed by atoms with van der Waals surface area (Å²) in [7, 11) is 0. The Bertz CT molecular complexity index is 785. The minimum atomic E-state index is -0.511. The lowest BCUT2D eigenvalue weighted by molar-refractivity contribution is 0.0000950. The molecule has 0 saturated carbocycles. The molecule has 2 aromatic heterocycles. The van der Waals surface area contributed by atoms with E-state index in [1.165, 1.54) is 0 Å². The first-order valence-corrected chi connectivity index (χ1v) is 8.48. The number of hydrogen-bond acceptors (Lipinski definition) is 6. The molecule has 0 bridgehead atoms. The van der Waals surface area contributed by atoms with Crippen molar-refractivity contribution in [1.29, 1.82) is 0 Å².